The van der Waals surface area contributed by atoms with Crippen molar-refractivity contribution >= 4 is 17.2 Å². The molecular weight excluding hydrogens is 380 g/mol. The van der Waals surface area contributed by atoms with E-state index >= 15 is 0 Å². The third-order valence-electron chi connectivity index (χ3n) is 5.15. The number of nitriles is 1. The van der Waals surface area contributed by atoms with E-state index in [9.17, 15) is 15.2 Å². The second-order valence-corrected chi connectivity index (χ2v) is 8.10. The third kappa shape index (κ3) is 3.88. The Labute approximate surface area is 175 Å². The van der Waals surface area contributed by atoms with E-state index in [4.69, 9.17) is 4.74 Å². The molecule has 2 aliphatic rings. The van der Waals surface area contributed by atoms with E-state index in [1.165, 1.54) is 0 Å². The van der Waals surface area contributed by atoms with Crippen LogP contribution in [0.2, 0.25) is 0 Å². The van der Waals surface area contributed by atoms with Gasteiger partial charge in [0, 0.05) is 11.9 Å². The molecule has 0 aromatic heterocycles. The Morgan fingerprint density at radius 1 is 1.27 bits per heavy atom. The Bertz CT molecular complexity index is 1020. The van der Waals surface area contributed by atoms with Crippen LogP contribution in [0.25, 0.3) is 5.57 Å². The number of benzene rings is 2. The lowest BCUT2D eigenvalue weighted by Crippen LogP contribution is -2.58. The van der Waals surface area contributed by atoms with Gasteiger partial charge in [-0.25, -0.2) is 0 Å². The third-order valence-corrected chi connectivity index (χ3v) is 5.15. The maximum atomic E-state index is 12.7. The van der Waals surface area contributed by atoms with Crippen molar-refractivity contribution in [2.24, 2.45) is 5.92 Å². The van der Waals surface area contributed by atoms with Crippen molar-refractivity contribution in [2.45, 2.75) is 25.6 Å². The molecule has 2 heterocycles. The first-order chi connectivity index (χ1) is 14.4. The number of para-hydroxylation sites is 1. The van der Waals surface area contributed by atoms with E-state index < -0.39 is 11.5 Å². The summed E-state index contributed by atoms with van der Waals surface area (Å²) in [6.07, 6.45) is 1.77. The van der Waals surface area contributed by atoms with Crippen LogP contribution in [-0.2, 0) is 4.79 Å². The molecule has 7 heteroatoms. The summed E-state index contributed by atoms with van der Waals surface area (Å²) in [5, 5.41) is 25.7. The lowest BCUT2D eigenvalue weighted by Gasteiger charge is -2.34. The number of anilines is 1. The average molecular weight is 404 g/mol. The highest BCUT2D eigenvalue weighted by Crippen LogP contribution is 2.39. The largest absolute Gasteiger partial charge is 0.489 e. The van der Waals surface area contributed by atoms with Crippen molar-refractivity contribution in [3.05, 3.63) is 65.9 Å². The first kappa shape index (κ1) is 20.0. The van der Waals surface area contributed by atoms with Crippen LogP contribution in [0, 0.1) is 17.2 Å². The van der Waals surface area contributed by atoms with Crippen LogP contribution in [0.3, 0.4) is 0 Å². The van der Waals surface area contributed by atoms with Gasteiger partial charge in [-0.2, -0.15) is 5.26 Å². The Kier molecular flexibility index (Phi) is 5.20. The molecule has 0 saturated carbocycles. The normalized spacial score (nSPS) is 20.8. The van der Waals surface area contributed by atoms with Gasteiger partial charge in [0.05, 0.1) is 23.8 Å². The van der Waals surface area contributed by atoms with Gasteiger partial charge in [-0.15, -0.1) is 0 Å². The van der Waals surface area contributed by atoms with Crippen LogP contribution in [-0.4, -0.2) is 36.1 Å². The lowest BCUT2D eigenvalue weighted by atomic mass is 9.90. The summed E-state index contributed by atoms with van der Waals surface area (Å²) < 4.78 is 5.63. The molecule has 2 aliphatic heterocycles. The Morgan fingerprint density at radius 3 is 2.73 bits per heavy atom. The fourth-order valence-corrected chi connectivity index (χ4v) is 3.76. The van der Waals surface area contributed by atoms with Gasteiger partial charge in [-0.1, -0.05) is 24.3 Å². The topological polar surface area (TPSA) is 97.6 Å². The number of amides is 1. The molecule has 0 bridgehead atoms. The summed E-state index contributed by atoms with van der Waals surface area (Å²) >= 11 is 0. The van der Waals surface area contributed by atoms with E-state index in [2.05, 4.69) is 21.6 Å². The number of hydrogen-bond acceptors (Lipinski definition) is 6. The van der Waals surface area contributed by atoms with E-state index in [1.54, 1.807) is 26.0 Å². The second-order valence-electron chi connectivity index (χ2n) is 8.10. The van der Waals surface area contributed by atoms with Crippen molar-refractivity contribution < 1.29 is 14.6 Å². The van der Waals surface area contributed by atoms with Gasteiger partial charge < -0.3 is 20.1 Å². The predicted molar refractivity (Wildman–Crippen MR) is 113 cm³/mol. The molecule has 2 atom stereocenters. The molecule has 4 rings (SSSR count). The van der Waals surface area contributed by atoms with Gasteiger partial charge in [0.1, 0.15) is 24.6 Å². The van der Waals surface area contributed by atoms with E-state index in [0.717, 1.165) is 16.8 Å². The molecule has 3 N–H and O–H groups in total. The first-order valence-corrected chi connectivity index (χ1v) is 9.83. The zero-order valence-corrected chi connectivity index (χ0v) is 16.9. The number of carbonyl (C=O) groups excluding carboxylic acids is 1. The minimum atomic E-state index is -1.01. The van der Waals surface area contributed by atoms with Gasteiger partial charge in [-0.3, -0.25) is 10.1 Å². The average Bonchev–Trinajstić information content (AvgIpc) is 3.13. The SMILES string of the molecule is CC(C)(O)COc1ccc(C2=CN(c3ccccc3)C3NCNC(=O)C23)cc1C#N. The first-order valence-electron chi connectivity index (χ1n) is 9.83. The molecule has 0 radical (unpaired) electrons. The standard InChI is InChI=1S/C23H24N4O3/c1-23(2,29)13-30-19-9-8-15(10-16(19)11-24)18-12-27(17-6-4-3-5-7-17)21-20(18)22(28)26-14-25-21/h3-10,12,20-21,25,29H,13-14H2,1-2H3,(H,26,28). The number of ether oxygens (including phenoxy) is 1. The quantitative estimate of drug-likeness (QED) is 0.707. The number of nitrogens with one attached hydrogen (secondary N) is 2. The summed E-state index contributed by atoms with van der Waals surface area (Å²) in [6, 6.07) is 17.3. The molecule has 7 nitrogen and oxygen atoms in total. The highest BCUT2D eigenvalue weighted by molar-refractivity contribution is 5.96. The molecule has 0 aliphatic carbocycles. The van der Waals surface area contributed by atoms with Crippen molar-refractivity contribution in [1.82, 2.24) is 10.6 Å². The van der Waals surface area contributed by atoms with Gasteiger partial charge in [0.2, 0.25) is 5.91 Å². The molecule has 0 spiro atoms. The molecule has 1 saturated heterocycles. The van der Waals surface area contributed by atoms with Gasteiger partial charge in [-0.05, 0) is 49.2 Å². The molecule has 2 unspecified atom stereocenters. The van der Waals surface area contributed by atoms with Crippen molar-refractivity contribution in [2.75, 3.05) is 18.2 Å². The zero-order valence-electron chi connectivity index (χ0n) is 16.9. The van der Waals surface area contributed by atoms with Crippen LogP contribution in [0.15, 0.2) is 54.7 Å². The van der Waals surface area contributed by atoms with Crippen molar-refractivity contribution in [3.8, 4) is 11.8 Å². The van der Waals surface area contributed by atoms with Gasteiger partial charge in [0.15, 0.2) is 0 Å². The van der Waals surface area contributed by atoms with Crippen molar-refractivity contribution in [3.63, 3.8) is 0 Å². The number of fused-ring (bicyclic) bond motifs is 1. The van der Waals surface area contributed by atoms with Gasteiger partial charge >= 0.3 is 0 Å². The minimum absolute atomic E-state index is 0.0516. The monoisotopic (exact) mass is 404 g/mol. The Balaban J connectivity index is 1.71. The van der Waals surface area contributed by atoms with Crippen LogP contribution in [0.4, 0.5) is 5.69 Å². The molecular formula is C23H24N4O3. The van der Waals surface area contributed by atoms with Crippen LogP contribution < -0.4 is 20.3 Å². The number of aliphatic hydroxyl groups is 1. The fourth-order valence-electron chi connectivity index (χ4n) is 3.76. The van der Waals surface area contributed by atoms with Gasteiger partial charge in [0.25, 0.3) is 0 Å². The molecule has 154 valence electrons. The van der Waals surface area contributed by atoms with Crippen LogP contribution in [0.1, 0.15) is 25.0 Å². The van der Waals surface area contributed by atoms with E-state index in [1.807, 2.05) is 42.6 Å². The summed E-state index contributed by atoms with van der Waals surface area (Å²) in [5.41, 5.74) is 1.95. The summed E-state index contributed by atoms with van der Waals surface area (Å²) in [7, 11) is 0. The lowest BCUT2D eigenvalue weighted by molar-refractivity contribution is -0.125. The highest BCUT2D eigenvalue weighted by atomic mass is 16.5. The molecule has 1 fully saturated rings. The van der Waals surface area contributed by atoms with E-state index in [-0.39, 0.29) is 18.7 Å². The second kappa shape index (κ2) is 7.82. The Morgan fingerprint density at radius 2 is 2.03 bits per heavy atom. The minimum Gasteiger partial charge on any atom is -0.489 e. The highest BCUT2D eigenvalue weighted by Gasteiger charge is 2.43. The smallest absolute Gasteiger partial charge is 0.232 e. The molecule has 2 aromatic carbocycles. The van der Waals surface area contributed by atoms with Crippen LogP contribution in [0.5, 0.6) is 5.75 Å². The number of hydrogen-bond donors (Lipinski definition) is 3. The van der Waals surface area contributed by atoms with Crippen LogP contribution >= 0.6 is 0 Å². The number of rotatable bonds is 5. The Hall–Kier alpha value is -3.34. The molecule has 30 heavy (non-hydrogen) atoms. The maximum Gasteiger partial charge on any atom is 0.232 e. The predicted octanol–water partition coefficient (Wildman–Crippen LogP) is 2.19. The van der Waals surface area contributed by atoms with Crippen molar-refractivity contribution in [1.29, 1.82) is 5.26 Å². The number of carbonyl (C=O) groups is 1. The fraction of sp³-hybridized carbons (Fsp3) is 0.304. The summed E-state index contributed by atoms with van der Waals surface area (Å²) in [6.45, 7) is 3.76. The van der Waals surface area contributed by atoms with E-state index in [0.29, 0.717) is 18.0 Å². The molecule has 1 amide bonds. The molecule has 2 aromatic rings. The zero-order chi connectivity index (χ0) is 21.3. The number of nitrogens with zero attached hydrogens (tertiary/aromatic N) is 2. The summed E-state index contributed by atoms with van der Waals surface area (Å²) in [5.74, 6) is -0.0532. The maximum absolute atomic E-state index is 12.7. The summed E-state index contributed by atoms with van der Waals surface area (Å²) in [4.78, 5) is 14.8.